The Morgan fingerprint density at radius 3 is 2.00 bits per heavy atom. The summed E-state index contributed by atoms with van der Waals surface area (Å²) < 4.78 is 11.0. The molecule has 0 bridgehead atoms. The summed E-state index contributed by atoms with van der Waals surface area (Å²) in [5.74, 6) is 8.94. The second-order valence-electron chi connectivity index (χ2n) is 16.0. The molecule has 0 N–H and O–H groups in total. The van der Waals surface area contributed by atoms with E-state index in [0.29, 0.717) is 0 Å². The third-order valence-corrected chi connectivity index (χ3v) is 15.1. The van der Waals surface area contributed by atoms with Crippen molar-refractivity contribution in [2.75, 3.05) is 0 Å². The Hall–Kier alpha value is -5.13. The van der Waals surface area contributed by atoms with E-state index in [1.165, 1.54) is 64.7 Å². The van der Waals surface area contributed by atoms with Crippen LogP contribution in [0.25, 0.3) is 82.7 Å². The molecule has 0 aliphatic heterocycles. The second kappa shape index (κ2) is 12.2. The van der Waals surface area contributed by atoms with Gasteiger partial charge in [-0.1, -0.05) is 18.2 Å². The molecular weight excluding hydrogens is 693 g/mol. The number of hydrogen-bond donors (Lipinski definition) is 0. The van der Waals surface area contributed by atoms with Crippen molar-refractivity contribution in [3.63, 3.8) is 0 Å². The molecule has 256 valence electrons. The molecule has 2 heterocycles. The van der Waals surface area contributed by atoms with Crippen molar-refractivity contribution in [1.82, 2.24) is 9.55 Å². The van der Waals surface area contributed by atoms with Gasteiger partial charge < -0.3 is 0 Å². The molecular formula is C48H44GeN2O. The maximum atomic E-state index is 7.13. The number of furan rings is 1. The number of nitrogens with zero attached hydrogens (tertiary/aromatic N) is 2. The maximum absolute atomic E-state index is 7.13. The summed E-state index contributed by atoms with van der Waals surface area (Å²) in [7, 11) is 0. The summed E-state index contributed by atoms with van der Waals surface area (Å²) in [4.78, 5) is 5.47. The molecule has 0 atom stereocenters. The first kappa shape index (κ1) is 32.8. The molecule has 0 unspecified atom stereocenters. The van der Waals surface area contributed by atoms with Crippen molar-refractivity contribution in [1.29, 1.82) is 0 Å². The third-order valence-electron chi connectivity index (χ3n) is 10.8. The zero-order valence-electron chi connectivity index (χ0n) is 31.1. The summed E-state index contributed by atoms with van der Waals surface area (Å²) >= 11 is -2.39. The molecule has 0 saturated carbocycles. The van der Waals surface area contributed by atoms with Gasteiger partial charge in [0.1, 0.15) is 0 Å². The fourth-order valence-electron chi connectivity index (χ4n) is 8.23. The van der Waals surface area contributed by atoms with Crippen LogP contribution in [-0.4, -0.2) is 22.8 Å². The van der Waals surface area contributed by atoms with Crippen LogP contribution >= 0.6 is 0 Å². The molecule has 0 radical (unpaired) electrons. The summed E-state index contributed by atoms with van der Waals surface area (Å²) in [6.07, 6.45) is 0. The van der Waals surface area contributed by atoms with Crippen LogP contribution in [0, 0.1) is 0 Å². The van der Waals surface area contributed by atoms with Gasteiger partial charge in [0.05, 0.1) is 0 Å². The van der Waals surface area contributed by atoms with E-state index in [0.717, 1.165) is 33.6 Å². The van der Waals surface area contributed by atoms with Crippen LogP contribution in [0.4, 0.5) is 0 Å². The summed E-state index contributed by atoms with van der Waals surface area (Å²) in [6, 6.07) is 46.7. The first-order chi connectivity index (χ1) is 25.1. The number of imidazole rings is 1. The summed E-state index contributed by atoms with van der Waals surface area (Å²) in [6.45, 7) is 9.25. The summed E-state index contributed by atoms with van der Waals surface area (Å²) in [5.41, 5.74) is 11.3. The third kappa shape index (κ3) is 5.20. The molecule has 0 aliphatic rings. The molecule has 0 amide bonds. The van der Waals surface area contributed by atoms with Gasteiger partial charge >= 0.3 is 291 Å². The number of benzene rings is 7. The molecule has 9 aromatic rings. The molecule has 0 aliphatic carbocycles. The number of fused-ring (bicyclic) bond motifs is 7. The number of aromatic nitrogens is 2. The molecule has 4 heteroatoms. The van der Waals surface area contributed by atoms with Crippen molar-refractivity contribution >= 4 is 72.2 Å². The average Bonchev–Trinajstić information content (AvgIpc) is 3.71. The number of para-hydroxylation sites is 2. The van der Waals surface area contributed by atoms with Crippen LogP contribution in [0.15, 0.2) is 132 Å². The first-order valence-electron chi connectivity index (χ1n) is 18.6. The minimum absolute atomic E-state index is 0.287. The second-order valence-corrected chi connectivity index (χ2v) is 26.6. The van der Waals surface area contributed by atoms with Gasteiger partial charge in [-0.3, -0.25) is 0 Å². The van der Waals surface area contributed by atoms with Gasteiger partial charge in [-0.25, -0.2) is 0 Å². The van der Waals surface area contributed by atoms with Crippen LogP contribution in [0.5, 0.6) is 0 Å². The molecule has 0 spiro atoms. The van der Waals surface area contributed by atoms with E-state index >= 15 is 0 Å². The molecule has 3 nitrogen and oxygen atoms in total. The Morgan fingerprint density at radius 2 is 1.27 bits per heavy atom. The van der Waals surface area contributed by atoms with Gasteiger partial charge in [0.25, 0.3) is 0 Å². The molecule has 0 fully saturated rings. The van der Waals surface area contributed by atoms with E-state index < -0.39 is 13.3 Å². The molecule has 2 aromatic heterocycles. The van der Waals surface area contributed by atoms with Crippen LogP contribution < -0.4 is 4.40 Å². The van der Waals surface area contributed by atoms with Gasteiger partial charge in [-0.05, 0) is 0 Å². The number of hydrogen-bond acceptors (Lipinski definition) is 2. The van der Waals surface area contributed by atoms with Crippen molar-refractivity contribution in [2.24, 2.45) is 0 Å². The minimum atomic E-state index is -2.39. The Balaban J connectivity index is 1.40. The van der Waals surface area contributed by atoms with Crippen molar-refractivity contribution in [2.45, 2.75) is 56.8 Å². The zero-order chi connectivity index (χ0) is 35.9. The van der Waals surface area contributed by atoms with E-state index in [1.807, 2.05) is 0 Å². The van der Waals surface area contributed by atoms with Gasteiger partial charge in [0, 0.05) is 0 Å². The normalized spacial score (nSPS) is 12.5. The van der Waals surface area contributed by atoms with E-state index in [-0.39, 0.29) is 11.8 Å². The molecule has 9 rings (SSSR count). The van der Waals surface area contributed by atoms with Crippen LogP contribution in [-0.2, 0) is 0 Å². The fraction of sp³-hybridized carbons (Fsp3) is 0.188. The van der Waals surface area contributed by atoms with E-state index in [2.05, 4.69) is 177 Å². The fourth-order valence-corrected chi connectivity index (χ4v) is 11.5. The monoisotopic (exact) mass is 738 g/mol. The Bertz CT molecular complexity index is 2800. The van der Waals surface area contributed by atoms with E-state index in [4.69, 9.17) is 9.40 Å². The zero-order valence-corrected chi connectivity index (χ0v) is 33.2. The van der Waals surface area contributed by atoms with Crippen LogP contribution in [0.2, 0.25) is 17.3 Å². The number of rotatable bonds is 6. The molecule has 0 saturated heterocycles. The Morgan fingerprint density at radius 1 is 0.596 bits per heavy atom. The Kier molecular flexibility index (Phi) is 7.71. The Labute approximate surface area is 308 Å². The first-order valence-corrected chi connectivity index (χ1v) is 26.0. The van der Waals surface area contributed by atoms with Crippen LogP contribution in [0.3, 0.4) is 0 Å². The van der Waals surface area contributed by atoms with Crippen LogP contribution in [0.1, 0.15) is 50.7 Å². The van der Waals surface area contributed by atoms with Gasteiger partial charge in [-0.15, -0.1) is 0 Å². The van der Waals surface area contributed by atoms with Gasteiger partial charge in [0.15, 0.2) is 0 Å². The van der Waals surface area contributed by atoms with Gasteiger partial charge in [0.2, 0.25) is 0 Å². The van der Waals surface area contributed by atoms with E-state index in [1.54, 1.807) is 0 Å². The molecule has 52 heavy (non-hydrogen) atoms. The standard InChI is InChI=1S/C48H44GeN2O/c1-29(2)37-26-34(31-15-9-8-10-16-31)27-38(30(3)4)46(37)51-43-20-14-13-19-42(43)50-48(51)36-23-24-41(49(5,6)7)45-40-25-33-22-21-32-17-11-12-18-35(32)39(33)28-44(40)52-47(36)45/h8-30H,1-7H3. The predicted molar refractivity (Wildman–Crippen MR) is 225 cm³/mol. The van der Waals surface area contributed by atoms with Crippen molar-refractivity contribution in [3.8, 4) is 28.2 Å². The SMILES string of the molecule is CC(C)c1cc(-c2ccccc2)cc(C(C)C)c1-n1c(-c2cc[c]([Ge]([CH3])([CH3])[CH3])c3c2oc2cc4c(ccc5ccccc54)cc23)nc2ccccc21. The topological polar surface area (TPSA) is 31.0 Å². The van der Waals surface area contributed by atoms with E-state index in [9.17, 15) is 0 Å². The van der Waals surface area contributed by atoms with Crippen molar-refractivity contribution in [3.05, 3.63) is 139 Å². The van der Waals surface area contributed by atoms with Gasteiger partial charge in [-0.2, -0.15) is 0 Å². The molecule has 7 aromatic carbocycles. The van der Waals surface area contributed by atoms with Crippen molar-refractivity contribution < 1.29 is 4.42 Å². The average molecular weight is 738 g/mol. The predicted octanol–water partition coefficient (Wildman–Crippen LogP) is 13.4. The summed E-state index contributed by atoms with van der Waals surface area (Å²) in [5, 5.41) is 7.39. The quantitative estimate of drug-likeness (QED) is 0.126.